The van der Waals surface area contributed by atoms with Gasteiger partial charge < -0.3 is 0 Å². The third kappa shape index (κ3) is 2.39. The van der Waals surface area contributed by atoms with Gasteiger partial charge in [-0.3, -0.25) is 4.79 Å². The predicted octanol–water partition coefficient (Wildman–Crippen LogP) is 2.73. The van der Waals surface area contributed by atoms with Gasteiger partial charge in [-0.15, -0.1) is 0 Å². The Bertz CT molecular complexity index is 481. The molecule has 14 heavy (non-hydrogen) atoms. The van der Waals surface area contributed by atoms with E-state index in [-0.39, 0.29) is 20.5 Å². The first-order valence-electron chi connectivity index (χ1n) is 3.25. The molecule has 0 heterocycles. The maximum Gasteiger partial charge on any atom is 0.262 e. The van der Waals surface area contributed by atoms with Gasteiger partial charge in [-0.25, -0.2) is 8.42 Å². The largest absolute Gasteiger partial charge is 0.298 e. The van der Waals surface area contributed by atoms with E-state index >= 15 is 0 Å². The molecule has 0 bridgehead atoms. The van der Waals surface area contributed by atoms with Crippen molar-refractivity contribution in [2.24, 2.45) is 0 Å². The van der Waals surface area contributed by atoms with Gasteiger partial charge in [-0.05, 0) is 12.1 Å². The zero-order chi connectivity index (χ0) is 10.9. The minimum absolute atomic E-state index is 0.0234. The van der Waals surface area contributed by atoms with E-state index in [9.17, 15) is 13.2 Å². The Kier molecular flexibility index (Phi) is 3.42. The molecule has 1 aromatic rings. The molecule has 0 N–H and O–H groups in total. The van der Waals surface area contributed by atoms with Gasteiger partial charge in [0.1, 0.15) is 4.90 Å². The average Bonchev–Trinajstić information content (AvgIpc) is 2.02. The molecule has 0 aliphatic rings. The van der Waals surface area contributed by atoms with Gasteiger partial charge in [0.15, 0.2) is 6.29 Å². The highest BCUT2D eigenvalue weighted by molar-refractivity contribution is 8.13. The fraction of sp³-hybridized carbons (Fsp3) is 0. The molecule has 0 saturated heterocycles. The van der Waals surface area contributed by atoms with Crippen molar-refractivity contribution in [2.75, 3.05) is 0 Å². The van der Waals surface area contributed by atoms with Crippen LogP contribution in [0, 0.1) is 0 Å². The average molecular weight is 274 g/mol. The highest BCUT2D eigenvalue weighted by atomic mass is 35.7. The molecule has 0 aromatic heterocycles. The number of rotatable bonds is 2. The monoisotopic (exact) mass is 272 g/mol. The van der Waals surface area contributed by atoms with E-state index in [1.165, 1.54) is 0 Å². The summed E-state index contributed by atoms with van der Waals surface area (Å²) in [6.45, 7) is 0. The summed E-state index contributed by atoms with van der Waals surface area (Å²) in [6.07, 6.45) is 0.421. The summed E-state index contributed by atoms with van der Waals surface area (Å²) < 4.78 is 21.9. The molecule has 7 heteroatoms. The zero-order valence-corrected chi connectivity index (χ0v) is 9.58. The second-order valence-corrected chi connectivity index (χ2v) is 5.71. The maximum atomic E-state index is 11.0. The number of halogens is 3. The Morgan fingerprint density at radius 2 is 1.71 bits per heavy atom. The third-order valence-corrected chi connectivity index (χ3v) is 3.55. The Morgan fingerprint density at radius 1 is 1.14 bits per heavy atom. The molecule has 0 aliphatic carbocycles. The summed E-state index contributed by atoms with van der Waals surface area (Å²) in [5.74, 6) is 0. The number of carbonyl (C=O) groups is 1. The van der Waals surface area contributed by atoms with Gasteiger partial charge in [-0.2, -0.15) is 0 Å². The number of benzene rings is 1. The first-order chi connectivity index (χ1) is 6.36. The van der Waals surface area contributed by atoms with Crippen LogP contribution < -0.4 is 0 Å². The zero-order valence-electron chi connectivity index (χ0n) is 6.50. The van der Waals surface area contributed by atoms with Gasteiger partial charge in [0, 0.05) is 16.2 Å². The minimum atomic E-state index is -3.96. The van der Waals surface area contributed by atoms with Crippen molar-refractivity contribution < 1.29 is 13.2 Å². The van der Waals surface area contributed by atoms with Crippen molar-refractivity contribution in [3.05, 3.63) is 27.7 Å². The van der Waals surface area contributed by atoms with E-state index in [4.69, 9.17) is 33.9 Å². The summed E-state index contributed by atoms with van der Waals surface area (Å²) in [4.78, 5) is 10.1. The lowest BCUT2D eigenvalue weighted by atomic mass is 10.2. The molecule has 3 nitrogen and oxygen atoms in total. The first kappa shape index (κ1) is 11.8. The van der Waals surface area contributed by atoms with Gasteiger partial charge in [0.05, 0.1) is 10.0 Å². The Morgan fingerprint density at radius 3 is 2.14 bits per heavy atom. The second kappa shape index (κ2) is 4.06. The van der Waals surface area contributed by atoms with Crippen molar-refractivity contribution in [3.63, 3.8) is 0 Å². The highest BCUT2D eigenvalue weighted by Crippen LogP contribution is 2.29. The summed E-state index contributed by atoms with van der Waals surface area (Å²) in [6, 6.07) is 2.18. The normalized spacial score (nSPS) is 11.4. The second-order valence-electron chi connectivity index (χ2n) is 2.36. The van der Waals surface area contributed by atoms with E-state index in [0.717, 1.165) is 12.1 Å². The molecule has 76 valence electrons. The maximum absolute atomic E-state index is 11.0. The van der Waals surface area contributed by atoms with E-state index in [1.54, 1.807) is 0 Å². The first-order valence-corrected chi connectivity index (χ1v) is 6.31. The van der Waals surface area contributed by atoms with Crippen LogP contribution in [0.4, 0.5) is 0 Å². The molecule has 1 rings (SSSR count). The van der Waals surface area contributed by atoms with E-state index < -0.39 is 9.05 Å². The van der Waals surface area contributed by atoms with Crippen LogP contribution in [0.2, 0.25) is 10.0 Å². The molecule has 0 saturated carbocycles. The smallest absolute Gasteiger partial charge is 0.262 e. The van der Waals surface area contributed by atoms with Crippen LogP contribution in [0.3, 0.4) is 0 Å². The van der Waals surface area contributed by atoms with E-state index in [0.29, 0.717) is 6.29 Å². The lowest BCUT2D eigenvalue weighted by Crippen LogP contribution is -1.94. The van der Waals surface area contributed by atoms with E-state index in [1.807, 2.05) is 0 Å². The van der Waals surface area contributed by atoms with Crippen LogP contribution in [0.5, 0.6) is 0 Å². The molecule has 0 aliphatic heterocycles. The Labute approximate surface area is 95.0 Å². The summed E-state index contributed by atoms with van der Waals surface area (Å²) in [5.41, 5.74) is 0.0234. The number of hydrogen-bond donors (Lipinski definition) is 0. The predicted molar refractivity (Wildman–Crippen MR) is 54.9 cm³/mol. The van der Waals surface area contributed by atoms with Crippen molar-refractivity contribution in [1.82, 2.24) is 0 Å². The Hall–Kier alpha value is -0.290. The quantitative estimate of drug-likeness (QED) is 0.615. The van der Waals surface area contributed by atoms with E-state index in [2.05, 4.69) is 0 Å². The summed E-state index contributed by atoms with van der Waals surface area (Å²) in [5, 5.41) is -0.0373. The van der Waals surface area contributed by atoms with Gasteiger partial charge >= 0.3 is 0 Å². The third-order valence-electron chi connectivity index (χ3n) is 1.44. The topological polar surface area (TPSA) is 51.2 Å². The lowest BCUT2D eigenvalue weighted by Gasteiger charge is -2.02. The van der Waals surface area contributed by atoms with Crippen molar-refractivity contribution in [2.45, 2.75) is 4.90 Å². The van der Waals surface area contributed by atoms with Gasteiger partial charge in [0.2, 0.25) is 0 Å². The van der Waals surface area contributed by atoms with Crippen LogP contribution in [0.25, 0.3) is 0 Å². The summed E-state index contributed by atoms with van der Waals surface area (Å²) in [7, 11) is 1.11. The van der Waals surface area contributed by atoms with Crippen LogP contribution in [0.15, 0.2) is 17.0 Å². The Balaban J connectivity index is 3.55. The van der Waals surface area contributed by atoms with Crippen LogP contribution >= 0.6 is 33.9 Å². The molecular formula is C7H3Cl3O3S. The molecular weight excluding hydrogens is 270 g/mol. The molecule has 1 aromatic carbocycles. The van der Waals surface area contributed by atoms with Crippen LogP contribution in [-0.2, 0) is 9.05 Å². The fourth-order valence-electron chi connectivity index (χ4n) is 0.822. The molecule has 0 radical (unpaired) electrons. The van der Waals surface area contributed by atoms with Crippen LogP contribution in [-0.4, -0.2) is 14.7 Å². The van der Waals surface area contributed by atoms with Crippen molar-refractivity contribution in [1.29, 1.82) is 0 Å². The summed E-state index contributed by atoms with van der Waals surface area (Å²) >= 11 is 11.2. The lowest BCUT2D eigenvalue weighted by molar-refractivity contribution is 0.112. The molecule has 0 atom stereocenters. The fourth-order valence-corrected chi connectivity index (χ4v) is 2.62. The highest BCUT2D eigenvalue weighted by Gasteiger charge is 2.17. The molecule has 0 amide bonds. The standard InChI is InChI=1S/C7H3Cl3O3S/c8-5-2-6(9)7(14(10,12)13)1-4(5)3-11/h1-3H. The van der Waals surface area contributed by atoms with Crippen molar-refractivity contribution >= 4 is 49.2 Å². The van der Waals surface area contributed by atoms with Crippen LogP contribution in [0.1, 0.15) is 10.4 Å². The molecule has 0 fully saturated rings. The van der Waals surface area contributed by atoms with Crippen molar-refractivity contribution in [3.8, 4) is 0 Å². The number of hydrogen-bond acceptors (Lipinski definition) is 3. The van der Waals surface area contributed by atoms with Gasteiger partial charge in [-0.1, -0.05) is 23.2 Å². The molecule has 0 spiro atoms. The number of carbonyl (C=O) groups excluding carboxylic acids is 1. The molecule has 0 unspecified atom stereocenters. The minimum Gasteiger partial charge on any atom is -0.298 e. The SMILES string of the molecule is O=Cc1cc(S(=O)(=O)Cl)c(Cl)cc1Cl. The van der Waals surface area contributed by atoms with Gasteiger partial charge in [0.25, 0.3) is 9.05 Å². The number of aldehydes is 1.